The Hall–Kier alpha value is -2.58. The molecular formula is C22H23BrN6O. The Morgan fingerprint density at radius 2 is 1.93 bits per heavy atom. The first kappa shape index (κ1) is 19.4. The highest BCUT2D eigenvalue weighted by Crippen LogP contribution is 2.31. The van der Waals surface area contributed by atoms with Gasteiger partial charge in [0.05, 0.1) is 30.3 Å². The molecule has 1 saturated heterocycles. The summed E-state index contributed by atoms with van der Waals surface area (Å²) in [5.74, 6) is 0.806. The van der Waals surface area contributed by atoms with Crippen LogP contribution in [0.2, 0.25) is 0 Å². The van der Waals surface area contributed by atoms with Gasteiger partial charge in [-0.2, -0.15) is 5.10 Å². The number of piperidine rings is 1. The molecule has 0 spiro atoms. The van der Waals surface area contributed by atoms with Crippen LogP contribution in [0.4, 0.5) is 5.69 Å². The molecule has 154 valence electrons. The monoisotopic (exact) mass is 466 g/mol. The summed E-state index contributed by atoms with van der Waals surface area (Å²) in [5, 5.41) is 6.36. The lowest BCUT2D eigenvalue weighted by Gasteiger charge is -2.36. The maximum atomic E-state index is 13.0. The standard InChI is InChI=1S/C22H23BrN6O/c23-16-7-8-19-17(12-16)22(18-6-2-3-9-24-18)25-13-20-26-29(21(30)14-28(19)20)15-27-10-4-1-5-11-27/h2-3,6-9,12H,1,4-5,10-11,13-15H2. The number of aliphatic imine (C=N–C) groups is 1. The SMILES string of the molecule is O=C1CN2C(=NN1CN1CCCCC1)CN=C(c1ccccn1)c1cc(Br)ccc12. The molecule has 1 aromatic carbocycles. The number of fused-ring (bicyclic) bond motifs is 3. The Morgan fingerprint density at radius 3 is 2.73 bits per heavy atom. The first-order valence-electron chi connectivity index (χ1n) is 10.3. The summed E-state index contributed by atoms with van der Waals surface area (Å²) in [5.41, 5.74) is 3.52. The highest BCUT2D eigenvalue weighted by molar-refractivity contribution is 9.10. The van der Waals surface area contributed by atoms with E-state index in [0.29, 0.717) is 13.2 Å². The van der Waals surface area contributed by atoms with Crippen molar-refractivity contribution in [2.24, 2.45) is 10.1 Å². The fourth-order valence-electron chi connectivity index (χ4n) is 4.19. The summed E-state index contributed by atoms with van der Waals surface area (Å²) < 4.78 is 0.959. The molecule has 0 N–H and O–H groups in total. The Balaban J connectivity index is 1.53. The summed E-state index contributed by atoms with van der Waals surface area (Å²) in [7, 11) is 0. The average molecular weight is 467 g/mol. The molecule has 4 heterocycles. The number of hydrogen-bond donors (Lipinski definition) is 0. The van der Waals surface area contributed by atoms with E-state index in [9.17, 15) is 4.79 Å². The average Bonchev–Trinajstić information content (AvgIpc) is 2.92. The number of aromatic nitrogens is 1. The van der Waals surface area contributed by atoms with Crippen molar-refractivity contribution in [3.63, 3.8) is 0 Å². The predicted octanol–water partition coefficient (Wildman–Crippen LogP) is 3.10. The van der Waals surface area contributed by atoms with Gasteiger partial charge in [-0.15, -0.1) is 0 Å². The zero-order valence-electron chi connectivity index (χ0n) is 16.7. The molecule has 3 aliphatic heterocycles. The second kappa shape index (κ2) is 8.28. The summed E-state index contributed by atoms with van der Waals surface area (Å²) in [6, 6.07) is 11.9. The minimum Gasteiger partial charge on any atom is -0.317 e. The zero-order chi connectivity index (χ0) is 20.5. The molecule has 1 amide bonds. The molecular weight excluding hydrogens is 444 g/mol. The Bertz CT molecular complexity index is 1020. The lowest BCUT2D eigenvalue weighted by Crippen LogP contribution is -2.51. The lowest BCUT2D eigenvalue weighted by molar-refractivity contribution is -0.132. The van der Waals surface area contributed by atoms with Crippen LogP contribution in [0.5, 0.6) is 0 Å². The number of anilines is 1. The van der Waals surface area contributed by atoms with E-state index in [1.54, 1.807) is 11.2 Å². The van der Waals surface area contributed by atoms with Gasteiger partial charge in [-0.25, -0.2) is 5.01 Å². The Labute approximate surface area is 184 Å². The van der Waals surface area contributed by atoms with E-state index >= 15 is 0 Å². The third kappa shape index (κ3) is 3.77. The van der Waals surface area contributed by atoms with Crippen molar-refractivity contribution >= 4 is 39.1 Å². The number of amides is 1. The minimum atomic E-state index is 0.0134. The number of nitrogens with zero attached hydrogens (tertiary/aromatic N) is 6. The molecule has 0 aliphatic carbocycles. The van der Waals surface area contributed by atoms with Crippen LogP contribution in [0.1, 0.15) is 30.5 Å². The molecule has 8 heteroatoms. The van der Waals surface area contributed by atoms with Gasteiger partial charge in [0.1, 0.15) is 6.54 Å². The lowest BCUT2D eigenvalue weighted by atomic mass is 10.0. The fraction of sp³-hybridized carbons (Fsp3) is 0.364. The van der Waals surface area contributed by atoms with Crippen LogP contribution in [-0.2, 0) is 4.79 Å². The third-order valence-corrected chi connectivity index (χ3v) is 6.20. The van der Waals surface area contributed by atoms with Crippen LogP contribution in [0.15, 0.2) is 57.2 Å². The van der Waals surface area contributed by atoms with E-state index in [1.165, 1.54) is 19.3 Å². The maximum absolute atomic E-state index is 13.0. The molecule has 3 aliphatic rings. The highest BCUT2D eigenvalue weighted by Gasteiger charge is 2.32. The maximum Gasteiger partial charge on any atom is 0.263 e. The number of amidine groups is 1. The van der Waals surface area contributed by atoms with Gasteiger partial charge in [0.15, 0.2) is 5.84 Å². The number of carbonyl (C=O) groups is 1. The number of likely N-dealkylation sites (tertiary alicyclic amines) is 1. The number of halogens is 1. The van der Waals surface area contributed by atoms with Gasteiger partial charge < -0.3 is 4.90 Å². The number of rotatable bonds is 3. The molecule has 0 atom stereocenters. The van der Waals surface area contributed by atoms with Crippen LogP contribution in [0.25, 0.3) is 0 Å². The van der Waals surface area contributed by atoms with Crippen LogP contribution >= 0.6 is 15.9 Å². The van der Waals surface area contributed by atoms with E-state index < -0.39 is 0 Å². The Kier molecular flexibility index (Phi) is 5.35. The van der Waals surface area contributed by atoms with Gasteiger partial charge in [0.2, 0.25) is 0 Å². The van der Waals surface area contributed by atoms with Crippen molar-refractivity contribution in [1.29, 1.82) is 0 Å². The van der Waals surface area contributed by atoms with E-state index in [2.05, 4.69) is 25.8 Å². The first-order chi connectivity index (χ1) is 14.7. The predicted molar refractivity (Wildman–Crippen MR) is 121 cm³/mol. The van der Waals surface area contributed by atoms with Crippen molar-refractivity contribution in [2.75, 3.05) is 37.7 Å². The largest absolute Gasteiger partial charge is 0.317 e. The molecule has 7 nitrogen and oxygen atoms in total. The molecule has 1 aromatic heterocycles. The first-order valence-corrected chi connectivity index (χ1v) is 11.1. The van der Waals surface area contributed by atoms with Crippen LogP contribution in [0.3, 0.4) is 0 Å². The van der Waals surface area contributed by atoms with Gasteiger partial charge >= 0.3 is 0 Å². The van der Waals surface area contributed by atoms with Gasteiger partial charge in [0.25, 0.3) is 5.91 Å². The van der Waals surface area contributed by atoms with E-state index in [1.807, 2.05) is 41.3 Å². The number of hydrogen-bond acceptors (Lipinski definition) is 6. The third-order valence-electron chi connectivity index (χ3n) is 5.70. The molecule has 2 aromatic rings. The molecule has 0 unspecified atom stereocenters. The molecule has 0 saturated carbocycles. The van der Waals surface area contributed by atoms with E-state index in [4.69, 9.17) is 10.1 Å². The number of pyridine rings is 1. The molecule has 30 heavy (non-hydrogen) atoms. The van der Waals surface area contributed by atoms with E-state index in [0.717, 1.165) is 46.1 Å². The van der Waals surface area contributed by atoms with Crippen molar-refractivity contribution < 1.29 is 4.79 Å². The second-order valence-corrected chi connectivity index (χ2v) is 8.67. The van der Waals surface area contributed by atoms with Crippen molar-refractivity contribution in [2.45, 2.75) is 19.3 Å². The number of benzene rings is 1. The topological polar surface area (TPSA) is 64.4 Å². The van der Waals surface area contributed by atoms with Gasteiger partial charge in [0, 0.05) is 16.2 Å². The highest BCUT2D eigenvalue weighted by atomic mass is 79.9. The second-order valence-electron chi connectivity index (χ2n) is 7.76. The smallest absolute Gasteiger partial charge is 0.263 e. The number of carbonyl (C=O) groups excluding carboxylic acids is 1. The summed E-state index contributed by atoms with van der Waals surface area (Å²) in [6.45, 7) is 3.28. The van der Waals surface area contributed by atoms with Gasteiger partial charge in [-0.3, -0.25) is 19.7 Å². The normalized spacial score (nSPS) is 19.6. The van der Waals surface area contributed by atoms with Gasteiger partial charge in [-0.05, 0) is 56.3 Å². The summed E-state index contributed by atoms with van der Waals surface area (Å²) in [6.07, 6.45) is 5.41. The molecule has 5 rings (SSSR count). The number of hydrazone groups is 1. The van der Waals surface area contributed by atoms with Crippen LogP contribution in [0, 0.1) is 0 Å². The van der Waals surface area contributed by atoms with Crippen LogP contribution in [-0.4, -0.2) is 65.2 Å². The van der Waals surface area contributed by atoms with Gasteiger partial charge in [-0.1, -0.05) is 28.4 Å². The summed E-state index contributed by atoms with van der Waals surface area (Å²) >= 11 is 3.58. The molecule has 0 bridgehead atoms. The molecule has 1 fully saturated rings. The Morgan fingerprint density at radius 1 is 1.07 bits per heavy atom. The minimum absolute atomic E-state index is 0.0134. The van der Waals surface area contributed by atoms with E-state index in [-0.39, 0.29) is 12.5 Å². The quantitative estimate of drug-likeness (QED) is 0.696. The van der Waals surface area contributed by atoms with Crippen molar-refractivity contribution in [3.05, 3.63) is 58.3 Å². The van der Waals surface area contributed by atoms with Crippen LogP contribution < -0.4 is 4.90 Å². The summed E-state index contributed by atoms with van der Waals surface area (Å²) in [4.78, 5) is 26.6. The van der Waals surface area contributed by atoms with Crippen molar-refractivity contribution in [1.82, 2.24) is 14.9 Å². The molecule has 0 radical (unpaired) electrons. The fourth-order valence-corrected chi connectivity index (χ4v) is 4.55. The van der Waals surface area contributed by atoms with Crippen molar-refractivity contribution in [3.8, 4) is 0 Å². The zero-order valence-corrected chi connectivity index (χ0v) is 18.3.